The van der Waals surface area contributed by atoms with Crippen molar-refractivity contribution >= 4 is 23.1 Å². The van der Waals surface area contributed by atoms with Crippen LogP contribution in [-0.2, 0) is 4.74 Å². The molecule has 0 saturated heterocycles. The average Bonchev–Trinajstić information content (AvgIpc) is 2.72. The van der Waals surface area contributed by atoms with Crippen LogP contribution in [0.25, 0.3) is 23.1 Å². The Morgan fingerprint density at radius 3 is 2.62 bits per heavy atom. The molecule has 0 spiro atoms. The number of rotatable bonds is 8. The lowest BCUT2D eigenvalue weighted by Crippen LogP contribution is -2.35. The fourth-order valence-electron chi connectivity index (χ4n) is 3.27. The Balaban J connectivity index is 1.75. The van der Waals surface area contributed by atoms with Crippen molar-refractivity contribution in [1.82, 2.24) is 9.97 Å². The van der Waals surface area contributed by atoms with Crippen LogP contribution in [0.15, 0.2) is 61.4 Å². The van der Waals surface area contributed by atoms with Crippen LogP contribution in [0.4, 0.5) is 0 Å². The van der Waals surface area contributed by atoms with Gasteiger partial charge in [-0.3, -0.25) is 9.97 Å². The first-order chi connectivity index (χ1) is 13.9. The zero-order chi connectivity index (χ0) is 20.9. The Bertz CT molecular complexity index is 1020. The minimum absolute atomic E-state index is 0.0827. The second-order valence-corrected chi connectivity index (χ2v) is 7.54. The molecule has 0 N–H and O–H groups in total. The number of para-hydroxylation sites is 1. The van der Waals surface area contributed by atoms with Crippen molar-refractivity contribution < 1.29 is 9.47 Å². The summed E-state index contributed by atoms with van der Waals surface area (Å²) in [5.41, 5.74) is 3.29. The van der Waals surface area contributed by atoms with Gasteiger partial charge in [-0.15, -0.1) is 0 Å². The third-order valence-corrected chi connectivity index (χ3v) is 4.70. The summed E-state index contributed by atoms with van der Waals surface area (Å²) in [6, 6.07) is 12.0. The lowest BCUT2D eigenvalue weighted by Gasteiger charge is -2.29. The monoisotopic (exact) mass is 388 g/mol. The smallest absolute Gasteiger partial charge is 0.131 e. The molecule has 0 amide bonds. The lowest BCUT2D eigenvalue weighted by molar-refractivity contribution is -0.0343. The molecule has 0 fully saturated rings. The Morgan fingerprint density at radius 2 is 1.86 bits per heavy atom. The van der Waals surface area contributed by atoms with Gasteiger partial charge in [-0.1, -0.05) is 36.9 Å². The maximum atomic E-state index is 6.30. The Hall–Kier alpha value is -2.98. The minimum Gasteiger partial charge on any atom is -0.485 e. The van der Waals surface area contributed by atoms with Crippen molar-refractivity contribution in [2.24, 2.45) is 0 Å². The summed E-state index contributed by atoms with van der Waals surface area (Å²) in [6.45, 7) is 12.4. The largest absolute Gasteiger partial charge is 0.485 e. The number of fused-ring (bicyclic) bond motifs is 1. The Labute approximate surface area is 172 Å². The third-order valence-electron chi connectivity index (χ3n) is 4.70. The second kappa shape index (κ2) is 9.01. The number of aromatic nitrogens is 2. The van der Waals surface area contributed by atoms with Crippen LogP contribution in [-0.4, -0.2) is 22.2 Å². The molecule has 1 atom stereocenters. The van der Waals surface area contributed by atoms with Crippen LogP contribution in [0.2, 0.25) is 0 Å². The molecule has 0 aliphatic heterocycles. The van der Waals surface area contributed by atoms with Gasteiger partial charge in [-0.2, -0.15) is 0 Å². The fraction of sp³-hybridized carbons (Fsp3) is 0.280. The summed E-state index contributed by atoms with van der Waals surface area (Å²) in [6.07, 6.45) is 9.18. The van der Waals surface area contributed by atoms with E-state index < -0.39 is 5.60 Å². The standard InChI is InChI=1S/C25H28N2O2/c1-6-10-22-19(7-2)24(14-16-27-22)29-25(4,5)17-28-18(3)20-13-15-26-23-12-9-8-11-21(20)23/h6-16,18H,2,17H2,1,3-5H3/b10-6-. The Morgan fingerprint density at radius 1 is 1.10 bits per heavy atom. The molecule has 0 bridgehead atoms. The number of pyridine rings is 2. The summed E-state index contributed by atoms with van der Waals surface area (Å²) < 4.78 is 12.5. The van der Waals surface area contributed by atoms with Gasteiger partial charge in [0.25, 0.3) is 0 Å². The highest BCUT2D eigenvalue weighted by Gasteiger charge is 2.24. The van der Waals surface area contributed by atoms with E-state index in [0.29, 0.717) is 6.61 Å². The molecule has 3 rings (SSSR count). The van der Waals surface area contributed by atoms with Crippen LogP contribution >= 0.6 is 0 Å². The molecule has 0 aliphatic carbocycles. The van der Waals surface area contributed by atoms with Crippen LogP contribution < -0.4 is 4.74 Å². The highest BCUT2D eigenvalue weighted by Crippen LogP contribution is 2.29. The minimum atomic E-state index is -0.524. The molecule has 4 nitrogen and oxygen atoms in total. The van der Waals surface area contributed by atoms with Crippen LogP contribution in [0.3, 0.4) is 0 Å². The molecule has 3 aromatic rings. The molecule has 2 heterocycles. The topological polar surface area (TPSA) is 44.2 Å². The highest BCUT2D eigenvalue weighted by molar-refractivity contribution is 5.82. The SMILES string of the molecule is C=Cc1c(OC(C)(C)COC(C)c2ccnc3ccccc23)ccnc1/C=C\C. The van der Waals surface area contributed by atoms with E-state index in [-0.39, 0.29) is 6.10 Å². The van der Waals surface area contributed by atoms with E-state index in [1.165, 1.54) is 0 Å². The molecule has 1 unspecified atom stereocenters. The summed E-state index contributed by atoms with van der Waals surface area (Å²) in [5.74, 6) is 0.749. The van der Waals surface area contributed by atoms with Crippen LogP contribution in [0.1, 0.15) is 50.6 Å². The van der Waals surface area contributed by atoms with Crippen LogP contribution in [0, 0.1) is 0 Å². The molecular weight excluding hydrogens is 360 g/mol. The quantitative estimate of drug-likeness (QED) is 0.458. The third kappa shape index (κ3) is 4.90. The van der Waals surface area contributed by atoms with Crippen molar-refractivity contribution in [1.29, 1.82) is 0 Å². The molecule has 29 heavy (non-hydrogen) atoms. The van der Waals surface area contributed by atoms with Gasteiger partial charge in [0.2, 0.25) is 0 Å². The number of ether oxygens (including phenoxy) is 2. The van der Waals surface area contributed by atoms with E-state index >= 15 is 0 Å². The summed E-state index contributed by atoms with van der Waals surface area (Å²) in [4.78, 5) is 8.83. The second-order valence-electron chi connectivity index (χ2n) is 7.54. The van der Waals surface area contributed by atoms with Crippen molar-refractivity contribution in [3.63, 3.8) is 0 Å². The van der Waals surface area contributed by atoms with E-state index in [1.807, 2.05) is 69.5 Å². The first kappa shape index (κ1) is 20.7. The first-order valence-corrected chi connectivity index (χ1v) is 9.83. The van der Waals surface area contributed by atoms with Gasteiger partial charge in [0.05, 0.1) is 23.9 Å². The maximum absolute atomic E-state index is 6.30. The molecule has 150 valence electrons. The van der Waals surface area contributed by atoms with Gasteiger partial charge in [0.15, 0.2) is 0 Å². The number of hydrogen-bond acceptors (Lipinski definition) is 4. The first-order valence-electron chi connectivity index (χ1n) is 9.83. The molecule has 4 heteroatoms. The average molecular weight is 389 g/mol. The lowest BCUT2D eigenvalue weighted by atomic mass is 10.0. The summed E-state index contributed by atoms with van der Waals surface area (Å²) >= 11 is 0. The Kier molecular flexibility index (Phi) is 6.45. The molecule has 1 aromatic carbocycles. The number of nitrogens with zero attached hydrogens (tertiary/aromatic N) is 2. The van der Waals surface area contributed by atoms with E-state index in [9.17, 15) is 0 Å². The van der Waals surface area contributed by atoms with Crippen molar-refractivity contribution in [3.8, 4) is 5.75 Å². The van der Waals surface area contributed by atoms with E-state index in [0.717, 1.165) is 33.5 Å². The molecule has 0 saturated carbocycles. The highest BCUT2D eigenvalue weighted by atomic mass is 16.5. The predicted octanol–water partition coefficient (Wildman–Crippen LogP) is 6.24. The summed E-state index contributed by atoms with van der Waals surface area (Å²) in [7, 11) is 0. The molecule has 0 aliphatic rings. The zero-order valence-corrected chi connectivity index (χ0v) is 17.6. The number of hydrogen-bond donors (Lipinski definition) is 0. The van der Waals surface area contributed by atoms with E-state index in [2.05, 4.69) is 29.5 Å². The van der Waals surface area contributed by atoms with Gasteiger partial charge in [0, 0.05) is 23.3 Å². The van der Waals surface area contributed by atoms with Gasteiger partial charge in [0.1, 0.15) is 11.4 Å². The summed E-state index contributed by atoms with van der Waals surface area (Å²) in [5, 5.41) is 1.11. The molecule has 2 aromatic heterocycles. The van der Waals surface area contributed by atoms with Gasteiger partial charge >= 0.3 is 0 Å². The zero-order valence-electron chi connectivity index (χ0n) is 17.6. The normalized spacial score (nSPS) is 13.0. The maximum Gasteiger partial charge on any atom is 0.131 e. The number of allylic oxidation sites excluding steroid dienone is 1. The fourth-order valence-corrected chi connectivity index (χ4v) is 3.27. The van der Waals surface area contributed by atoms with Crippen molar-refractivity contribution in [3.05, 3.63) is 78.3 Å². The van der Waals surface area contributed by atoms with Gasteiger partial charge < -0.3 is 9.47 Å². The van der Waals surface area contributed by atoms with E-state index in [1.54, 1.807) is 12.3 Å². The predicted molar refractivity (Wildman–Crippen MR) is 120 cm³/mol. The van der Waals surface area contributed by atoms with Crippen molar-refractivity contribution in [2.45, 2.75) is 39.4 Å². The molecular formula is C25H28N2O2. The molecule has 0 radical (unpaired) electrons. The van der Waals surface area contributed by atoms with Crippen LogP contribution in [0.5, 0.6) is 5.75 Å². The van der Waals surface area contributed by atoms with Gasteiger partial charge in [-0.25, -0.2) is 0 Å². The number of benzene rings is 1. The van der Waals surface area contributed by atoms with E-state index in [4.69, 9.17) is 9.47 Å². The van der Waals surface area contributed by atoms with Gasteiger partial charge in [-0.05, 0) is 57.5 Å². The van der Waals surface area contributed by atoms with Crippen molar-refractivity contribution in [2.75, 3.05) is 6.61 Å².